The lowest BCUT2D eigenvalue weighted by Crippen LogP contribution is -2.59. The second-order valence-corrected chi connectivity index (χ2v) is 18.5. The van der Waals surface area contributed by atoms with Crippen LogP contribution in [0.2, 0.25) is 0 Å². The van der Waals surface area contributed by atoms with Gasteiger partial charge < -0.3 is 20.3 Å². The first-order valence-electron chi connectivity index (χ1n) is 20.3. The highest BCUT2D eigenvalue weighted by Gasteiger charge is 2.57. The molecule has 58 heavy (non-hydrogen) atoms. The summed E-state index contributed by atoms with van der Waals surface area (Å²) in [4.78, 5) is 64.2. The molecule has 1 aromatic heterocycles. The van der Waals surface area contributed by atoms with E-state index in [0.29, 0.717) is 74.4 Å². The Kier molecular flexibility index (Phi) is 10.2. The normalized spacial score (nSPS) is 23.0. The van der Waals surface area contributed by atoms with Crippen molar-refractivity contribution in [3.05, 3.63) is 65.4 Å². The van der Waals surface area contributed by atoms with E-state index in [-0.39, 0.29) is 34.8 Å². The summed E-state index contributed by atoms with van der Waals surface area (Å²) in [6, 6.07) is 12.7. The highest BCUT2D eigenvalue weighted by molar-refractivity contribution is 7.89. The number of sulfonamides is 1. The van der Waals surface area contributed by atoms with E-state index >= 15 is 0 Å². The monoisotopic (exact) mass is 811 g/mol. The summed E-state index contributed by atoms with van der Waals surface area (Å²) in [6.07, 6.45) is 8.13. The highest BCUT2D eigenvalue weighted by Crippen LogP contribution is 2.54. The first-order chi connectivity index (χ1) is 28.0. The first-order valence-corrected chi connectivity index (χ1v) is 21.8. The fourth-order valence-electron chi connectivity index (χ4n) is 9.19. The fourth-order valence-corrected chi connectivity index (χ4v) is 10.7. The molecule has 1 aliphatic carbocycles. The summed E-state index contributed by atoms with van der Waals surface area (Å²) in [5, 5.41) is 8.63. The quantitative estimate of drug-likeness (QED) is 0.179. The van der Waals surface area contributed by atoms with Gasteiger partial charge in [-0.05, 0) is 87.9 Å². The van der Waals surface area contributed by atoms with Gasteiger partial charge in [0.05, 0.1) is 16.4 Å². The van der Waals surface area contributed by atoms with Crippen LogP contribution in [0.3, 0.4) is 0 Å². The van der Waals surface area contributed by atoms with Crippen molar-refractivity contribution in [2.75, 3.05) is 61.8 Å². The average Bonchev–Trinajstić information content (AvgIpc) is 3.97. The van der Waals surface area contributed by atoms with Crippen LogP contribution in [0, 0.1) is 0 Å². The SMILES string of the molecule is CN(Cc1cc(N2CCC(N3CC(Oc4cccc(S(=O)(=O)N5CCC(Nc6ncc7c(n6)NC(=O)C76CC6)CC5)c4)C3)CC2)ccc1C=O)C1CCC(=O)NC1=O. The molecule has 17 heteroatoms. The Hall–Kier alpha value is -4.97. The van der Waals surface area contributed by atoms with Crippen LogP contribution < -0.4 is 25.6 Å². The molecule has 1 atom stereocenters. The Morgan fingerprint density at radius 1 is 0.983 bits per heavy atom. The van der Waals surface area contributed by atoms with Crippen molar-refractivity contribution in [2.45, 2.75) is 92.5 Å². The number of benzene rings is 2. The number of carbonyl (C=O) groups is 4. The molecule has 1 unspecified atom stereocenters. The second-order valence-electron chi connectivity index (χ2n) is 16.6. The maximum absolute atomic E-state index is 13.7. The summed E-state index contributed by atoms with van der Waals surface area (Å²) in [7, 11) is -1.87. The summed E-state index contributed by atoms with van der Waals surface area (Å²) in [5.41, 5.74) is 2.93. The molecule has 9 rings (SSSR count). The van der Waals surface area contributed by atoms with E-state index in [1.165, 1.54) is 4.31 Å². The van der Waals surface area contributed by atoms with Crippen LogP contribution in [-0.4, -0.2) is 127 Å². The second kappa shape index (κ2) is 15.3. The molecule has 306 valence electrons. The Morgan fingerprint density at radius 3 is 2.48 bits per heavy atom. The predicted octanol–water partition coefficient (Wildman–Crippen LogP) is 2.51. The van der Waals surface area contributed by atoms with E-state index in [1.807, 2.05) is 36.2 Å². The zero-order valence-electron chi connectivity index (χ0n) is 32.6. The van der Waals surface area contributed by atoms with Crippen LogP contribution in [0.25, 0.3) is 0 Å². The van der Waals surface area contributed by atoms with Crippen molar-refractivity contribution in [1.29, 1.82) is 0 Å². The minimum Gasteiger partial charge on any atom is -0.488 e. The number of hydrogen-bond acceptors (Lipinski definition) is 13. The number of hydrogen-bond donors (Lipinski definition) is 3. The maximum Gasteiger partial charge on any atom is 0.243 e. The number of imide groups is 1. The van der Waals surface area contributed by atoms with Gasteiger partial charge in [0, 0.05) is 93.4 Å². The number of aldehydes is 1. The molecule has 6 aliphatic rings. The Bertz CT molecular complexity index is 2230. The van der Waals surface area contributed by atoms with Gasteiger partial charge in [-0.3, -0.25) is 34.3 Å². The van der Waals surface area contributed by atoms with Crippen molar-refractivity contribution in [2.24, 2.45) is 0 Å². The fraction of sp³-hybridized carbons (Fsp3) is 0.512. The van der Waals surface area contributed by atoms with E-state index in [4.69, 9.17) is 4.74 Å². The summed E-state index contributed by atoms with van der Waals surface area (Å²) in [6.45, 7) is 4.42. The smallest absolute Gasteiger partial charge is 0.243 e. The van der Waals surface area contributed by atoms with Gasteiger partial charge in [0.15, 0.2) is 0 Å². The number of likely N-dealkylation sites (N-methyl/N-ethyl adjacent to an activating group) is 1. The zero-order chi connectivity index (χ0) is 40.2. The Balaban J connectivity index is 0.733. The van der Waals surface area contributed by atoms with Crippen LogP contribution in [0.5, 0.6) is 5.75 Å². The van der Waals surface area contributed by atoms with E-state index in [2.05, 4.69) is 35.7 Å². The van der Waals surface area contributed by atoms with E-state index in [0.717, 1.165) is 75.0 Å². The molecule has 16 nitrogen and oxygen atoms in total. The number of carbonyl (C=O) groups excluding carboxylic acids is 4. The largest absolute Gasteiger partial charge is 0.488 e. The Morgan fingerprint density at radius 2 is 1.76 bits per heavy atom. The molecule has 5 aliphatic heterocycles. The summed E-state index contributed by atoms with van der Waals surface area (Å²) < 4.78 is 35.2. The minimum atomic E-state index is -3.72. The van der Waals surface area contributed by atoms with Gasteiger partial charge in [0.1, 0.15) is 24.0 Å². The van der Waals surface area contributed by atoms with Crippen LogP contribution in [-0.2, 0) is 36.4 Å². The van der Waals surface area contributed by atoms with Crippen molar-refractivity contribution in [1.82, 2.24) is 29.4 Å². The number of anilines is 3. The molecule has 1 spiro atoms. The van der Waals surface area contributed by atoms with Gasteiger partial charge >= 0.3 is 0 Å². The molecule has 3 aromatic rings. The van der Waals surface area contributed by atoms with E-state index in [1.54, 1.807) is 24.4 Å². The molecular weight excluding hydrogens is 763 g/mol. The number of fused-ring (bicyclic) bond motifs is 2. The number of rotatable bonds is 12. The minimum absolute atomic E-state index is 0.00239. The number of piperidine rings is 3. The molecule has 6 heterocycles. The summed E-state index contributed by atoms with van der Waals surface area (Å²) in [5.74, 6) is 1.01. The van der Waals surface area contributed by atoms with Gasteiger partial charge in [-0.25, -0.2) is 13.4 Å². The maximum atomic E-state index is 13.7. The number of likely N-dealkylation sites (tertiary alicyclic amines) is 1. The molecule has 1 saturated carbocycles. The van der Waals surface area contributed by atoms with Crippen molar-refractivity contribution in [3.8, 4) is 5.75 Å². The van der Waals surface area contributed by atoms with E-state index < -0.39 is 21.5 Å². The number of amides is 3. The van der Waals surface area contributed by atoms with Crippen LogP contribution in [0.4, 0.5) is 17.5 Å². The third-order valence-corrected chi connectivity index (χ3v) is 14.8. The van der Waals surface area contributed by atoms with Crippen molar-refractivity contribution in [3.63, 3.8) is 0 Å². The van der Waals surface area contributed by atoms with Crippen molar-refractivity contribution >= 4 is 51.5 Å². The third-order valence-electron chi connectivity index (χ3n) is 12.9. The molecular formula is C41H49N9O7S. The molecule has 4 saturated heterocycles. The number of nitrogens with zero attached hydrogens (tertiary/aromatic N) is 6. The molecule has 5 fully saturated rings. The molecule has 2 aromatic carbocycles. The van der Waals surface area contributed by atoms with Gasteiger partial charge in [-0.2, -0.15) is 9.29 Å². The van der Waals surface area contributed by atoms with Gasteiger partial charge in [-0.1, -0.05) is 6.07 Å². The van der Waals surface area contributed by atoms with Gasteiger partial charge in [0.2, 0.25) is 33.7 Å². The zero-order valence-corrected chi connectivity index (χ0v) is 33.4. The van der Waals surface area contributed by atoms with Crippen molar-refractivity contribution < 1.29 is 32.3 Å². The number of ether oxygens (including phenoxy) is 1. The Labute approximate surface area is 337 Å². The molecule has 0 radical (unpaired) electrons. The summed E-state index contributed by atoms with van der Waals surface area (Å²) >= 11 is 0. The van der Waals surface area contributed by atoms with Gasteiger partial charge in [-0.15, -0.1) is 0 Å². The molecule has 3 amide bonds. The lowest BCUT2D eigenvalue weighted by molar-refractivity contribution is -0.137. The average molecular weight is 812 g/mol. The van der Waals surface area contributed by atoms with Crippen LogP contribution >= 0.6 is 0 Å². The topological polar surface area (TPSA) is 186 Å². The first kappa shape index (κ1) is 38.5. The van der Waals surface area contributed by atoms with E-state index in [9.17, 15) is 27.6 Å². The lowest BCUT2D eigenvalue weighted by atomic mass is 9.97. The standard InChI is InChI=1S/C41H49N9O7S/c1-47(35-7-8-36(52)44-38(35)53)22-27-19-30(6-5-26(27)25-51)48-15-11-29(12-16-48)49-23-32(24-49)57-31-3-2-4-33(20-31)58(55,56)50-17-9-28(10-18-50)43-40-42-21-34-37(46-40)45-39(54)41(34)13-14-41/h2-6,19-21,25,28-29,32,35H,7-18,22-24H2,1H3,(H,44,52,53)(H2,42,43,45,46,54). The molecule has 0 bridgehead atoms. The van der Waals surface area contributed by atoms with Gasteiger partial charge in [0.25, 0.3) is 0 Å². The highest BCUT2D eigenvalue weighted by atomic mass is 32.2. The third kappa shape index (κ3) is 7.44. The van der Waals surface area contributed by atoms with Crippen LogP contribution in [0.1, 0.15) is 72.9 Å². The number of aromatic nitrogens is 2. The predicted molar refractivity (Wildman–Crippen MR) is 214 cm³/mol. The lowest BCUT2D eigenvalue weighted by Gasteiger charge is -2.47. The molecule has 3 N–H and O–H groups in total. The number of nitrogens with one attached hydrogen (secondary N) is 3. The van der Waals surface area contributed by atoms with Crippen LogP contribution in [0.15, 0.2) is 53.6 Å².